The molecular formula is C19H22N4O5S2. The van der Waals surface area contributed by atoms with E-state index in [1.807, 2.05) is 6.92 Å². The van der Waals surface area contributed by atoms with Gasteiger partial charge in [0.25, 0.3) is 0 Å². The van der Waals surface area contributed by atoms with Gasteiger partial charge in [0.05, 0.1) is 12.0 Å². The van der Waals surface area contributed by atoms with Crippen LogP contribution in [0, 0.1) is 6.92 Å². The summed E-state index contributed by atoms with van der Waals surface area (Å²) < 4.78 is 0. The van der Waals surface area contributed by atoms with E-state index in [-0.39, 0.29) is 6.61 Å². The van der Waals surface area contributed by atoms with Crippen LogP contribution in [0.4, 0.5) is 5.82 Å². The first-order valence-corrected chi connectivity index (χ1v) is 11.0. The van der Waals surface area contributed by atoms with Crippen LogP contribution in [-0.2, 0) is 9.59 Å². The molecule has 3 N–H and O–H groups in total. The van der Waals surface area contributed by atoms with Crippen LogP contribution in [0.5, 0.6) is 0 Å². The summed E-state index contributed by atoms with van der Waals surface area (Å²) >= 11 is 3.46. The highest BCUT2D eigenvalue weighted by molar-refractivity contribution is 7.18. The van der Waals surface area contributed by atoms with Gasteiger partial charge in [-0.25, -0.2) is 19.6 Å². The van der Waals surface area contributed by atoms with Gasteiger partial charge in [-0.05, 0) is 18.4 Å². The Balaban J connectivity index is 0.000000377. The van der Waals surface area contributed by atoms with Gasteiger partial charge < -0.3 is 20.2 Å². The highest BCUT2D eigenvalue weighted by atomic mass is 32.1. The summed E-state index contributed by atoms with van der Waals surface area (Å²) in [6, 6.07) is 4.25. The van der Waals surface area contributed by atoms with Gasteiger partial charge in [-0.1, -0.05) is 6.07 Å². The van der Waals surface area contributed by atoms with Gasteiger partial charge >= 0.3 is 11.9 Å². The molecule has 0 amide bonds. The molecule has 0 aliphatic carbocycles. The molecule has 3 aromatic heterocycles. The predicted molar refractivity (Wildman–Crippen MR) is 116 cm³/mol. The summed E-state index contributed by atoms with van der Waals surface area (Å²) in [5.41, 5.74) is 1.25. The third kappa shape index (κ3) is 5.11. The molecule has 0 saturated carbocycles. The second kappa shape index (κ2) is 9.94. The Morgan fingerprint density at radius 3 is 2.37 bits per heavy atom. The highest BCUT2D eigenvalue weighted by Crippen LogP contribution is 2.40. The van der Waals surface area contributed by atoms with E-state index in [2.05, 4.69) is 37.7 Å². The SMILES string of the molecule is Cc1nc(N2CCN(CCO)CC2)c2c(-c3cccs3)csc2n1.O=C(O)C(=O)O. The van der Waals surface area contributed by atoms with Crippen molar-refractivity contribution in [3.8, 4) is 10.4 Å². The summed E-state index contributed by atoms with van der Waals surface area (Å²) in [5.74, 6) is -1.76. The molecule has 0 spiro atoms. The molecule has 160 valence electrons. The van der Waals surface area contributed by atoms with Crippen LogP contribution in [0.15, 0.2) is 22.9 Å². The van der Waals surface area contributed by atoms with Crippen LogP contribution in [0.2, 0.25) is 0 Å². The number of carboxylic acid groups (broad SMARTS) is 2. The fourth-order valence-corrected chi connectivity index (χ4v) is 5.00. The number of thiophene rings is 2. The lowest BCUT2D eigenvalue weighted by atomic mass is 10.1. The maximum atomic E-state index is 9.12. The number of carbonyl (C=O) groups is 2. The molecule has 0 unspecified atom stereocenters. The van der Waals surface area contributed by atoms with E-state index >= 15 is 0 Å². The van der Waals surface area contributed by atoms with Crippen molar-refractivity contribution in [2.45, 2.75) is 6.92 Å². The zero-order valence-corrected chi connectivity index (χ0v) is 17.9. The minimum Gasteiger partial charge on any atom is -0.473 e. The number of aliphatic hydroxyl groups is 1. The molecule has 3 aromatic rings. The van der Waals surface area contributed by atoms with E-state index in [9.17, 15) is 0 Å². The smallest absolute Gasteiger partial charge is 0.414 e. The average molecular weight is 451 g/mol. The summed E-state index contributed by atoms with van der Waals surface area (Å²) in [7, 11) is 0. The fraction of sp³-hybridized carbons (Fsp3) is 0.368. The molecule has 0 aromatic carbocycles. The van der Waals surface area contributed by atoms with Crippen molar-refractivity contribution in [3.05, 3.63) is 28.7 Å². The van der Waals surface area contributed by atoms with Gasteiger partial charge in [0.2, 0.25) is 0 Å². The van der Waals surface area contributed by atoms with E-state index in [0.717, 1.165) is 49.2 Å². The third-order valence-corrected chi connectivity index (χ3v) is 6.36. The van der Waals surface area contributed by atoms with Gasteiger partial charge in [0.1, 0.15) is 16.5 Å². The Bertz CT molecular complexity index is 1000. The largest absolute Gasteiger partial charge is 0.473 e. The number of aliphatic hydroxyl groups excluding tert-OH is 1. The first-order valence-electron chi connectivity index (χ1n) is 9.24. The number of rotatable bonds is 4. The topological polar surface area (TPSA) is 127 Å². The number of nitrogens with zero attached hydrogens (tertiary/aromatic N) is 4. The first-order chi connectivity index (χ1) is 14.4. The Hall–Kier alpha value is -2.60. The number of aryl methyl sites for hydroxylation is 1. The number of hydrogen-bond acceptors (Lipinski definition) is 9. The van der Waals surface area contributed by atoms with Crippen molar-refractivity contribution >= 4 is 50.6 Å². The molecule has 4 heterocycles. The number of carboxylic acids is 2. The van der Waals surface area contributed by atoms with Crippen molar-refractivity contribution in [3.63, 3.8) is 0 Å². The Morgan fingerprint density at radius 2 is 1.80 bits per heavy atom. The van der Waals surface area contributed by atoms with Crippen LogP contribution >= 0.6 is 22.7 Å². The number of fused-ring (bicyclic) bond motifs is 1. The number of β-amino-alcohol motifs (C(OH)–C–C–N with tert-alkyl or cyclic N) is 1. The Kier molecular flexibility index (Phi) is 7.32. The maximum Gasteiger partial charge on any atom is 0.414 e. The van der Waals surface area contributed by atoms with Crippen molar-refractivity contribution in [1.82, 2.24) is 14.9 Å². The molecule has 30 heavy (non-hydrogen) atoms. The van der Waals surface area contributed by atoms with E-state index in [0.29, 0.717) is 0 Å². The normalized spacial score (nSPS) is 14.4. The third-order valence-electron chi connectivity index (χ3n) is 4.58. The van der Waals surface area contributed by atoms with Gasteiger partial charge in [-0.2, -0.15) is 0 Å². The lowest BCUT2D eigenvalue weighted by molar-refractivity contribution is -0.159. The minimum atomic E-state index is -1.82. The van der Waals surface area contributed by atoms with Crippen LogP contribution in [0.1, 0.15) is 5.82 Å². The number of anilines is 1. The number of hydrogen-bond donors (Lipinski definition) is 3. The molecule has 9 nitrogen and oxygen atoms in total. The second-order valence-electron chi connectivity index (χ2n) is 6.56. The van der Waals surface area contributed by atoms with E-state index in [4.69, 9.17) is 29.9 Å². The van der Waals surface area contributed by atoms with Gasteiger partial charge in [0.15, 0.2) is 0 Å². The van der Waals surface area contributed by atoms with E-state index in [1.54, 1.807) is 22.7 Å². The lowest BCUT2D eigenvalue weighted by Crippen LogP contribution is -2.47. The summed E-state index contributed by atoms with van der Waals surface area (Å²) in [6.07, 6.45) is 0. The molecule has 11 heteroatoms. The van der Waals surface area contributed by atoms with Crippen LogP contribution < -0.4 is 4.90 Å². The zero-order chi connectivity index (χ0) is 21.7. The predicted octanol–water partition coefficient (Wildman–Crippen LogP) is 2.00. The quantitative estimate of drug-likeness (QED) is 0.511. The summed E-state index contributed by atoms with van der Waals surface area (Å²) in [4.78, 5) is 34.7. The standard InChI is InChI=1S/C17H20N4OS2.C2H2O4/c1-12-18-16(21-6-4-20(5-7-21)8-9-22)15-13(11-24-17(15)19-12)14-3-2-10-23-14;3-1(4)2(5)6/h2-3,10-11,22H,4-9H2,1H3;(H,3,4)(H,5,6). The summed E-state index contributed by atoms with van der Waals surface area (Å²) in [6.45, 7) is 6.74. The second-order valence-corrected chi connectivity index (χ2v) is 8.37. The molecule has 1 saturated heterocycles. The van der Waals surface area contributed by atoms with Gasteiger partial charge in [-0.15, -0.1) is 22.7 Å². The number of piperazine rings is 1. The average Bonchev–Trinajstić information content (AvgIpc) is 3.38. The zero-order valence-electron chi connectivity index (χ0n) is 16.3. The maximum absolute atomic E-state index is 9.12. The molecule has 0 bridgehead atoms. The Labute approximate surface area is 180 Å². The summed E-state index contributed by atoms with van der Waals surface area (Å²) in [5, 5.41) is 29.4. The Morgan fingerprint density at radius 1 is 1.10 bits per heavy atom. The molecule has 4 rings (SSSR count). The van der Waals surface area contributed by atoms with Crippen molar-refractivity contribution in [1.29, 1.82) is 0 Å². The van der Waals surface area contributed by atoms with Crippen molar-refractivity contribution in [2.24, 2.45) is 0 Å². The van der Waals surface area contributed by atoms with Gasteiger partial charge in [0, 0.05) is 48.5 Å². The minimum absolute atomic E-state index is 0.226. The molecule has 1 aliphatic heterocycles. The highest BCUT2D eigenvalue weighted by Gasteiger charge is 2.23. The van der Waals surface area contributed by atoms with Crippen LogP contribution in [0.25, 0.3) is 20.7 Å². The van der Waals surface area contributed by atoms with Crippen LogP contribution in [-0.4, -0.2) is 81.5 Å². The molecule has 1 fully saturated rings. The van der Waals surface area contributed by atoms with Gasteiger partial charge in [-0.3, -0.25) is 4.90 Å². The molecule has 1 aliphatic rings. The number of aromatic nitrogens is 2. The van der Waals surface area contributed by atoms with Crippen LogP contribution in [0.3, 0.4) is 0 Å². The monoisotopic (exact) mass is 450 g/mol. The fourth-order valence-electron chi connectivity index (χ4n) is 3.19. The van der Waals surface area contributed by atoms with Crippen molar-refractivity contribution in [2.75, 3.05) is 44.2 Å². The van der Waals surface area contributed by atoms with Crippen molar-refractivity contribution < 1.29 is 24.9 Å². The molecular weight excluding hydrogens is 428 g/mol. The first kappa shape index (κ1) is 22.1. The van der Waals surface area contributed by atoms with E-state index < -0.39 is 11.9 Å². The lowest BCUT2D eigenvalue weighted by Gasteiger charge is -2.35. The molecule has 0 radical (unpaired) electrons. The molecule has 0 atom stereocenters. The number of aliphatic carboxylic acids is 2. The van der Waals surface area contributed by atoms with E-state index in [1.165, 1.54) is 15.8 Å².